The van der Waals surface area contributed by atoms with E-state index in [9.17, 15) is 4.79 Å². The van der Waals surface area contributed by atoms with Crippen LogP contribution in [0.3, 0.4) is 0 Å². The first-order valence-electron chi connectivity index (χ1n) is 7.54. The first kappa shape index (κ1) is 16.3. The molecule has 2 heterocycles. The third-order valence-electron chi connectivity index (χ3n) is 4.12. The predicted octanol–water partition coefficient (Wildman–Crippen LogP) is 3.30. The van der Waals surface area contributed by atoms with Crippen LogP contribution in [0.5, 0.6) is 0 Å². The van der Waals surface area contributed by atoms with Crippen molar-refractivity contribution in [3.8, 4) is 11.3 Å². The summed E-state index contributed by atoms with van der Waals surface area (Å²) in [5.74, 6) is -0.191. The number of aryl methyl sites for hydroxylation is 1. The number of aromatic nitrogens is 4. The second-order valence-electron chi connectivity index (χ2n) is 5.63. The second kappa shape index (κ2) is 6.49. The number of H-pyrrole nitrogens is 1. The fraction of sp³-hybridized carbons (Fsp3) is 0.235. The number of hydrogen-bond acceptors (Lipinski definition) is 3. The largest absolute Gasteiger partial charge is 0.332 e. The minimum Gasteiger partial charge on any atom is -0.332 e. The second-order valence-corrected chi connectivity index (χ2v) is 6.04. The van der Waals surface area contributed by atoms with Gasteiger partial charge in [0.1, 0.15) is 5.69 Å². The molecule has 6 nitrogen and oxygen atoms in total. The molecule has 0 aliphatic rings. The van der Waals surface area contributed by atoms with E-state index < -0.39 is 0 Å². The van der Waals surface area contributed by atoms with Crippen LogP contribution in [0.2, 0.25) is 5.02 Å². The summed E-state index contributed by atoms with van der Waals surface area (Å²) in [5, 5.41) is 11.7. The van der Waals surface area contributed by atoms with Gasteiger partial charge in [0.15, 0.2) is 0 Å². The Kier molecular flexibility index (Phi) is 4.40. The van der Waals surface area contributed by atoms with Crippen molar-refractivity contribution < 1.29 is 4.79 Å². The lowest BCUT2D eigenvalue weighted by Gasteiger charge is -2.24. The highest BCUT2D eigenvalue weighted by atomic mass is 35.5. The van der Waals surface area contributed by atoms with Crippen LogP contribution >= 0.6 is 11.6 Å². The molecule has 3 aromatic rings. The molecule has 0 aliphatic heterocycles. The van der Waals surface area contributed by atoms with E-state index in [2.05, 4.69) is 15.3 Å². The number of carbonyl (C=O) groups is 1. The molecule has 2 aromatic heterocycles. The van der Waals surface area contributed by atoms with Crippen LogP contribution in [-0.4, -0.2) is 37.8 Å². The van der Waals surface area contributed by atoms with Crippen molar-refractivity contribution >= 4 is 17.5 Å². The summed E-state index contributed by atoms with van der Waals surface area (Å²) < 4.78 is 1.48. The molecule has 24 heavy (non-hydrogen) atoms. The van der Waals surface area contributed by atoms with Gasteiger partial charge in [0.2, 0.25) is 0 Å². The van der Waals surface area contributed by atoms with Gasteiger partial charge in [-0.1, -0.05) is 41.9 Å². The molecule has 1 N–H and O–H groups in total. The van der Waals surface area contributed by atoms with E-state index in [-0.39, 0.29) is 11.9 Å². The molecule has 0 fully saturated rings. The zero-order valence-corrected chi connectivity index (χ0v) is 14.4. The predicted molar refractivity (Wildman–Crippen MR) is 92.8 cm³/mol. The van der Waals surface area contributed by atoms with Gasteiger partial charge in [-0.05, 0) is 13.0 Å². The van der Waals surface area contributed by atoms with E-state index in [1.54, 1.807) is 19.0 Å². The quantitative estimate of drug-likeness (QED) is 0.790. The summed E-state index contributed by atoms with van der Waals surface area (Å²) in [7, 11) is 3.43. The number of hydrogen-bond donors (Lipinski definition) is 1. The zero-order chi connectivity index (χ0) is 17.3. The average Bonchev–Trinajstić information content (AvgIpc) is 3.21. The van der Waals surface area contributed by atoms with Gasteiger partial charge in [0.05, 0.1) is 28.6 Å². The Morgan fingerprint density at radius 1 is 1.33 bits per heavy atom. The highest BCUT2D eigenvalue weighted by molar-refractivity contribution is 6.33. The van der Waals surface area contributed by atoms with Crippen molar-refractivity contribution in [2.45, 2.75) is 13.0 Å². The minimum atomic E-state index is -0.191. The monoisotopic (exact) mass is 343 g/mol. The molecule has 1 aromatic carbocycles. The van der Waals surface area contributed by atoms with E-state index >= 15 is 0 Å². The number of nitrogens with one attached hydrogen (secondary N) is 1. The molecular formula is C17H18ClN5O. The molecule has 1 atom stereocenters. The topological polar surface area (TPSA) is 66.8 Å². The molecule has 0 bridgehead atoms. The fourth-order valence-electron chi connectivity index (χ4n) is 2.51. The van der Waals surface area contributed by atoms with Gasteiger partial charge < -0.3 is 4.90 Å². The molecule has 7 heteroatoms. The molecule has 0 aliphatic carbocycles. The van der Waals surface area contributed by atoms with Crippen LogP contribution in [0.25, 0.3) is 11.3 Å². The van der Waals surface area contributed by atoms with E-state index in [0.29, 0.717) is 10.7 Å². The maximum absolute atomic E-state index is 12.7. The number of benzene rings is 1. The summed E-state index contributed by atoms with van der Waals surface area (Å²) in [5.41, 5.74) is 3.09. The van der Waals surface area contributed by atoms with Gasteiger partial charge in [0, 0.05) is 19.7 Å². The van der Waals surface area contributed by atoms with E-state index in [0.717, 1.165) is 17.0 Å². The first-order chi connectivity index (χ1) is 11.5. The van der Waals surface area contributed by atoms with Gasteiger partial charge in [-0.3, -0.25) is 14.6 Å². The summed E-state index contributed by atoms with van der Waals surface area (Å²) in [6, 6.07) is 11.6. The lowest BCUT2D eigenvalue weighted by atomic mass is 10.1. The Bertz CT molecular complexity index is 836. The molecule has 3 rings (SSSR count). The van der Waals surface area contributed by atoms with Crippen molar-refractivity contribution in [1.82, 2.24) is 24.9 Å². The SMILES string of the molecule is CC(c1cc(-c2ccccc2)n[nH]1)N(C)C(=O)c1c(Cl)cnn1C. The van der Waals surface area contributed by atoms with Crippen LogP contribution in [0, 0.1) is 0 Å². The summed E-state index contributed by atoms with van der Waals surface area (Å²) in [4.78, 5) is 14.3. The Balaban J connectivity index is 1.83. The highest BCUT2D eigenvalue weighted by Crippen LogP contribution is 2.25. The van der Waals surface area contributed by atoms with Gasteiger partial charge in [-0.15, -0.1) is 0 Å². The van der Waals surface area contributed by atoms with Gasteiger partial charge in [-0.2, -0.15) is 10.2 Å². The Morgan fingerprint density at radius 2 is 2.04 bits per heavy atom. The number of rotatable bonds is 4. The molecule has 0 radical (unpaired) electrons. The number of amides is 1. The van der Waals surface area contributed by atoms with Crippen molar-refractivity contribution in [2.24, 2.45) is 7.05 Å². The number of carbonyl (C=O) groups excluding carboxylic acids is 1. The maximum atomic E-state index is 12.7. The van der Waals surface area contributed by atoms with E-state index in [1.165, 1.54) is 10.9 Å². The van der Waals surface area contributed by atoms with Crippen molar-refractivity contribution in [2.75, 3.05) is 7.05 Å². The Labute approximate surface area is 145 Å². The third kappa shape index (κ3) is 2.92. The third-order valence-corrected chi connectivity index (χ3v) is 4.39. The lowest BCUT2D eigenvalue weighted by molar-refractivity contribution is 0.0729. The summed E-state index contributed by atoms with van der Waals surface area (Å²) >= 11 is 6.07. The average molecular weight is 344 g/mol. The van der Waals surface area contributed by atoms with E-state index in [1.807, 2.05) is 43.3 Å². The molecule has 1 amide bonds. The highest BCUT2D eigenvalue weighted by Gasteiger charge is 2.25. The zero-order valence-electron chi connectivity index (χ0n) is 13.7. The van der Waals surface area contributed by atoms with Crippen LogP contribution in [0.15, 0.2) is 42.6 Å². The standard InChI is InChI=1S/C17H18ClN5O/c1-11(22(2)17(24)16-13(18)10-19-23(16)3)14-9-15(21-20-14)12-7-5-4-6-8-12/h4-11H,1-3H3,(H,20,21). The van der Waals surface area contributed by atoms with E-state index in [4.69, 9.17) is 11.6 Å². The van der Waals surface area contributed by atoms with Crippen LogP contribution in [-0.2, 0) is 7.05 Å². The van der Waals surface area contributed by atoms with Crippen molar-refractivity contribution in [1.29, 1.82) is 0 Å². The number of aromatic amines is 1. The van der Waals surface area contributed by atoms with Gasteiger partial charge in [0.25, 0.3) is 5.91 Å². The molecule has 0 spiro atoms. The lowest BCUT2D eigenvalue weighted by Crippen LogP contribution is -2.31. The number of nitrogens with zero attached hydrogens (tertiary/aromatic N) is 4. The normalized spacial score (nSPS) is 12.2. The van der Waals surface area contributed by atoms with Gasteiger partial charge in [-0.25, -0.2) is 0 Å². The minimum absolute atomic E-state index is 0.187. The summed E-state index contributed by atoms with van der Waals surface area (Å²) in [6.45, 7) is 1.93. The molecular weight excluding hydrogens is 326 g/mol. The van der Waals surface area contributed by atoms with Crippen molar-refractivity contribution in [3.63, 3.8) is 0 Å². The van der Waals surface area contributed by atoms with Crippen molar-refractivity contribution in [3.05, 3.63) is 59.0 Å². The molecule has 0 saturated heterocycles. The Hall–Kier alpha value is -2.60. The van der Waals surface area contributed by atoms with Crippen LogP contribution < -0.4 is 0 Å². The smallest absolute Gasteiger partial charge is 0.273 e. The summed E-state index contributed by atoms with van der Waals surface area (Å²) in [6.07, 6.45) is 1.47. The fourth-order valence-corrected chi connectivity index (χ4v) is 2.76. The number of halogens is 1. The van der Waals surface area contributed by atoms with Gasteiger partial charge >= 0.3 is 0 Å². The van der Waals surface area contributed by atoms with Crippen LogP contribution in [0.4, 0.5) is 0 Å². The Morgan fingerprint density at radius 3 is 2.67 bits per heavy atom. The molecule has 1 unspecified atom stereocenters. The van der Waals surface area contributed by atoms with Crippen LogP contribution in [0.1, 0.15) is 29.1 Å². The molecule has 124 valence electrons. The molecule has 0 saturated carbocycles. The maximum Gasteiger partial charge on any atom is 0.273 e. The first-order valence-corrected chi connectivity index (χ1v) is 7.92.